The monoisotopic (exact) mass is 414 g/mol. The van der Waals surface area contributed by atoms with Crippen molar-refractivity contribution < 1.29 is 8.96 Å². The van der Waals surface area contributed by atoms with Crippen LogP contribution < -0.4 is 14.2 Å². The van der Waals surface area contributed by atoms with E-state index in [4.69, 9.17) is 0 Å². The van der Waals surface area contributed by atoms with Crippen LogP contribution in [-0.4, -0.2) is 6.98 Å². The van der Waals surface area contributed by atoms with Gasteiger partial charge >= 0.3 is 6.98 Å². The number of anilines is 4. The highest BCUT2D eigenvalue weighted by Gasteiger charge is 2.70. The highest BCUT2D eigenvalue weighted by molar-refractivity contribution is 6.76. The molecule has 0 fully saturated rings. The molecule has 3 heterocycles. The summed E-state index contributed by atoms with van der Waals surface area (Å²) in [6, 6.07) is 25.4. The third kappa shape index (κ3) is 2.49. The number of rotatable bonds is 4. The van der Waals surface area contributed by atoms with Gasteiger partial charge < -0.3 is 4.81 Å². The minimum absolute atomic E-state index is 0.0945. The number of hydrogen-bond donors (Lipinski definition) is 0. The van der Waals surface area contributed by atoms with E-state index in [-0.39, 0.29) is 17.8 Å². The van der Waals surface area contributed by atoms with Gasteiger partial charge in [-0.1, -0.05) is 57.2 Å². The number of pyridine rings is 1. The number of nitrogens with zero attached hydrogens (tertiary/aromatic N) is 3. The summed E-state index contributed by atoms with van der Waals surface area (Å²) >= 11 is 0. The van der Waals surface area contributed by atoms with Crippen molar-refractivity contribution >= 4 is 29.9 Å². The summed E-state index contributed by atoms with van der Waals surface area (Å²) in [5, 5.41) is -0.139. The van der Waals surface area contributed by atoms with Gasteiger partial charge in [-0.2, -0.15) is 0 Å². The third-order valence-corrected chi connectivity index (χ3v) is 8.07. The van der Waals surface area contributed by atoms with Gasteiger partial charge in [-0.25, -0.2) is 8.96 Å². The molecule has 2 aliphatic heterocycles. The molecule has 158 valence electrons. The lowest BCUT2D eigenvalue weighted by Gasteiger charge is -2.52. The van der Waals surface area contributed by atoms with Crippen LogP contribution in [0.4, 0.5) is 27.3 Å². The fourth-order valence-electron chi connectivity index (χ4n) is 6.00. The lowest BCUT2D eigenvalue weighted by atomic mass is 9.39. The second-order valence-electron chi connectivity index (χ2n) is 9.18. The van der Waals surface area contributed by atoms with Crippen LogP contribution in [0.2, 0.25) is 5.31 Å². The Morgan fingerprint density at radius 1 is 0.806 bits per heavy atom. The number of benzene rings is 2. The fraction of sp³-hybridized carbons (Fsp3) is 0.346. The van der Waals surface area contributed by atoms with Crippen molar-refractivity contribution in [3.63, 3.8) is 0 Å². The van der Waals surface area contributed by atoms with Crippen LogP contribution in [0.3, 0.4) is 0 Å². The molecule has 0 bridgehead atoms. The molecule has 5 heteroatoms. The average molecular weight is 414 g/mol. The summed E-state index contributed by atoms with van der Waals surface area (Å²) in [5.74, 6) is 1.07. The van der Waals surface area contributed by atoms with Crippen molar-refractivity contribution in [2.24, 2.45) is 0 Å². The van der Waals surface area contributed by atoms with Gasteiger partial charge in [0, 0.05) is 11.8 Å². The van der Waals surface area contributed by atoms with E-state index in [9.17, 15) is 4.39 Å². The van der Waals surface area contributed by atoms with Gasteiger partial charge in [-0.3, -0.25) is 4.81 Å². The molecule has 2 aliphatic rings. The van der Waals surface area contributed by atoms with Gasteiger partial charge in [0.2, 0.25) is 0 Å². The summed E-state index contributed by atoms with van der Waals surface area (Å²) in [5.41, 5.74) is 4.08. The van der Waals surface area contributed by atoms with Gasteiger partial charge in [-0.15, -0.1) is 0 Å². The average Bonchev–Trinajstić information content (AvgIpc) is 3.18. The third-order valence-electron chi connectivity index (χ3n) is 8.07. The van der Waals surface area contributed by atoms with Crippen molar-refractivity contribution in [2.75, 3.05) is 9.62 Å². The van der Waals surface area contributed by atoms with Crippen molar-refractivity contribution in [1.29, 1.82) is 0 Å². The molecule has 5 rings (SSSR count). The predicted octanol–water partition coefficient (Wildman–Crippen LogP) is 6.53. The molecule has 2 atom stereocenters. The first-order valence-corrected chi connectivity index (χ1v) is 11.3. The molecule has 0 radical (unpaired) electrons. The number of hydrogen-bond acceptors (Lipinski definition) is 2. The SMILES string of the molecule is CCC1(C)B2N(c3ccccc3)c3ccccc3N2c2cccc(CF)[n+]2C1(C)CC. The van der Waals surface area contributed by atoms with E-state index < -0.39 is 6.67 Å². The predicted molar refractivity (Wildman–Crippen MR) is 127 cm³/mol. The molecule has 0 amide bonds. The molecule has 0 saturated heterocycles. The first kappa shape index (κ1) is 20.1. The quantitative estimate of drug-likeness (QED) is 0.355. The summed E-state index contributed by atoms with van der Waals surface area (Å²) in [6.07, 6.45) is 1.90. The van der Waals surface area contributed by atoms with E-state index in [1.807, 2.05) is 12.1 Å². The Labute approximate surface area is 185 Å². The van der Waals surface area contributed by atoms with Crippen LogP contribution >= 0.6 is 0 Å². The zero-order chi connectivity index (χ0) is 21.8. The molecule has 0 N–H and O–H groups in total. The van der Waals surface area contributed by atoms with E-state index in [1.165, 1.54) is 17.1 Å². The van der Waals surface area contributed by atoms with E-state index in [0.717, 1.165) is 24.4 Å². The van der Waals surface area contributed by atoms with Crippen LogP contribution in [-0.2, 0) is 12.2 Å². The molecule has 0 aliphatic carbocycles. The zero-order valence-electron chi connectivity index (χ0n) is 18.8. The lowest BCUT2D eigenvalue weighted by Crippen LogP contribution is -2.75. The number of alkyl halides is 1. The maximum atomic E-state index is 14.3. The Morgan fingerprint density at radius 2 is 1.45 bits per heavy atom. The van der Waals surface area contributed by atoms with Gasteiger partial charge in [-0.05, 0) is 50.1 Å². The minimum Gasteiger partial charge on any atom is -0.340 e. The Balaban J connectivity index is 1.88. The maximum Gasteiger partial charge on any atom is 0.517 e. The van der Waals surface area contributed by atoms with Crippen molar-refractivity contribution in [3.8, 4) is 0 Å². The molecule has 0 saturated carbocycles. The molecule has 3 nitrogen and oxygen atoms in total. The largest absolute Gasteiger partial charge is 0.517 e. The summed E-state index contributed by atoms with van der Waals surface area (Å²) in [7, 11) is 0. The molecular weight excluding hydrogens is 384 g/mol. The normalized spacial score (nSPS) is 24.1. The van der Waals surface area contributed by atoms with Crippen LogP contribution in [0.15, 0.2) is 72.8 Å². The van der Waals surface area contributed by atoms with Gasteiger partial charge in [0.1, 0.15) is 16.9 Å². The smallest absolute Gasteiger partial charge is 0.340 e. The number of halogens is 1. The Morgan fingerprint density at radius 3 is 2.06 bits per heavy atom. The molecule has 1 aromatic heterocycles. The minimum atomic E-state index is -0.466. The summed E-state index contributed by atoms with van der Waals surface area (Å²) in [6.45, 7) is 8.86. The van der Waals surface area contributed by atoms with Crippen LogP contribution in [0, 0.1) is 0 Å². The van der Waals surface area contributed by atoms with E-state index in [1.54, 1.807) is 0 Å². The first-order valence-electron chi connectivity index (χ1n) is 11.3. The number of aromatic nitrogens is 1. The van der Waals surface area contributed by atoms with Crippen LogP contribution in [0.25, 0.3) is 0 Å². The van der Waals surface area contributed by atoms with Crippen molar-refractivity contribution in [3.05, 3.63) is 78.5 Å². The molecule has 31 heavy (non-hydrogen) atoms. The molecular formula is C26H30BFN3+. The molecule has 2 unspecified atom stereocenters. The number of para-hydroxylation sites is 3. The van der Waals surface area contributed by atoms with Crippen molar-refractivity contribution in [1.82, 2.24) is 0 Å². The Hall–Kier alpha value is -2.82. The van der Waals surface area contributed by atoms with E-state index in [0.29, 0.717) is 0 Å². The highest BCUT2D eigenvalue weighted by Crippen LogP contribution is 2.61. The molecule has 2 aromatic carbocycles. The van der Waals surface area contributed by atoms with Crippen LogP contribution in [0.1, 0.15) is 46.2 Å². The van der Waals surface area contributed by atoms with Gasteiger partial charge in [0.25, 0.3) is 5.82 Å². The Bertz CT molecular complexity index is 1120. The highest BCUT2D eigenvalue weighted by atomic mass is 19.1. The summed E-state index contributed by atoms with van der Waals surface area (Å²) in [4.78, 5) is 4.95. The zero-order valence-corrected chi connectivity index (χ0v) is 18.8. The fourth-order valence-corrected chi connectivity index (χ4v) is 6.00. The first-order chi connectivity index (χ1) is 15.0. The van der Waals surface area contributed by atoms with Crippen LogP contribution in [0.5, 0.6) is 0 Å². The topological polar surface area (TPSA) is 10.4 Å². The standard InChI is InChI=1S/C26H30BFN3/c1-5-25(3)26(4,6-2)29-21(19-28)15-12-18-24(29)31-23-17-11-10-16-22(23)30(27(25)31)20-13-8-7-9-14-20/h7-18H,5-6,19H2,1-4H3/q+1. The second kappa shape index (κ2) is 7.11. The summed E-state index contributed by atoms with van der Waals surface area (Å²) < 4.78 is 16.6. The lowest BCUT2D eigenvalue weighted by molar-refractivity contribution is -0.765. The number of fused-ring (bicyclic) bond motifs is 5. The van der Waals surface area contributed by atoms with Gasteiger partial charge in [0.15, 0.2) is 6.67 Å². The van der Waals surface area contributed by atoms with E-state index >= 15 is 0 Å². The maximum absolute atomic E-state index is 14.3. The van der Waals surface area contributed by atoms with E-state index in [2.05, 4.69) is 103 Å². The van der Waals surface area contributed by atoms with Crippen molar-refractivity contribution in [2.45, 2.75) is 58.1 Å². The second-order valence-corrected chi connectivity index (χ2v) is 9.18. The molecule has 0 spiro atoms. The van der Waals surface area contributed by atoms with Gasteiger partial charge in [0.05, 0.1) is 11.0 Å². The molecule has 3 aromatic rings. The Kier molecular flexibility index (Phi) is 4.61.